The number of imide groups is 1. The molecule has 2 heterocycles. The lowest BCUT2D eigenvalue weighted by Crippen LogP contribution is -2.58. The number of amides is 3. The summed E-state index contributed by atoms with van der Waals surface area (Å²) < 4.78 is 55.6. The fourth-order valence-electron chi connectivity index (χ4n) is 3.60. The minimum absolute atomic E-state index is 0.0728. The summed E-state index contributed by atoms with van der Waals surface area (Å²) in [6.45, 7) is 3.72. The van der Waals surface area contributed by atoms with E-state index in [1.165, 1.54) is 38.3 Å². The average molecular weight is 582 g/mol. The summed E-state index contributed by atoms with van der Waals surface area (Å²) in [5, 5.41) is 12.0. The molecule has 1 aromatic carbocycles. The van der Waals surface area contributed by atoms with Crippen molar-refractivity contribution in [3.63, 3.8) is 0 Å². The lowest BCUT2D eigenvalue weighted by Gasteiger charge is -2.34. The van der Waals surface area contributed by atoms with Crippen LogP contribution in [0.2, 0.25) is 0 Å². The predicted octanol–water partition coefficient (Wildman–Crippen LogP) is 2.06. The number of aliphatic hydroxyl groups excluding tert-OH is 1. The standard InChI is InChI=1S/C22H30ClFN3O10P/c1-12(2)35-19(30)13(3)26-38(32,37-15-7-5-14(33-4)6-8-15)34-11-16-18(29)22(23,24)20(36-16)27-10-9-17(28)25-21(27)31/h5-8,12-13,16,18,20,29H,9-11H2,1-4H3,(H,26,32)(H,25,28,31)/t13-,16+,18+,20+,22+,38?/m0/s1. The van der Waals surface area contributed by atoms with Gasteiger partial charge in [0.05, 0.1) is 19.8 Å². The van der Waals surface area contributed by atoms with Gasteiger partial charge in [-0.1, -0.05) is 11.6 Å². The molecule has 0 aliphatic carbocycles. The second-order valence-electron chi connectivity index (χ2n) is 8.84. The molecule has 2 aliphatic rings. The molecule has 0 spiro atoms. The first-order valence-electron chi connectivity index (χ1n) is 11.6. The smallest absolute Gasteiger partial charge is 0.459 e. The summed E-state index contributed by atoms with van der Waals surface area (Å²) in [5.41, 5.74) is 0. The molecule has 3 N–H and O–H groups in total. The number of nitrogens with zero attached hydrogens (tertiary/aromatic N) is 1. The van der Waals surface area contributed by atoms with Crippen LogP contribution in [0.1, 0.15) is 27.2 Å². The molecule has 0 bridgehead atoms. The van der Waals surface area contributed by atoms with Crippen molar-refractivity contribution in [2.45, 2.75) is 62.9 Å². The zero-order chi connectivity index (χ0) is 28.3. The number of hydrogen-bond acceptors (Lipinski definition) is 10. The van der Waals surface area contributed by atoms with Gasteiger partial charge in [-0.15, -0.1) is 0 Å². The monoisotopic (exact) mass is 581 g/mol. The van der Waals surface area contributed by atoms with Crippen molar-refractivity contribution in [3.05, 3.63) is 24.3 Å². The summed E-state index contributed by atoms with van der Waals surface area (Å²) in [5.74, 6) is -0.734. The van der Waals surface area contributed by atoms with Crippen molar-refractivity contribution in [2.75, 3.05) is 20.3 Å². The number of methoxy groups -OCH3 is 1. The van der Waals surface area contributed by atoms with Crippen molar-refractivity contribution < 1.29 is 51.7 Å². The van der Waals surface area contributed by atoms with Gasteiger partial charge in [-0.3, -0.25) is 24.3 Å². The highest BCUT2D eigenvalue weighted by Crippen LogP contribution is 2.47. The molecule has 1 aromatic rings. The molecular formula is C22H30ClFN3O10P. The van der Waals surface area contributed by atoms with Crippen LogP contribution in [0.5, 0.6) is 11.5 Å². The van der Waals surface area contributed by atoms with Crippen molar-refractivity contribution in [3.8, 4) is 11.5 Å². The molecule has 16 heteroatoms. The second kappa shape index (κ2) is 12.1. The number of rotatable bonds is 11. The number of ether oxygens (including phenoxy) is 3. The van der Waals surface area contributed by atoms with Gasteiger partial charge in [-0.25, -0.2) is 13.8 Å². The summed E-state index contributed by atoms with van der Waals surface area (Å²) in [7, 11) is -2.94. The van der Waals surface area contributed by atoms with Gasteiger partial charge in [0.15, 0.2) is 6.23 Å². The van der Waals surface area contributed by atoms with Crippen LogP contribution in [0.15, 0.2) is 24.3 Å². The SMILES string of the molecule is COc1ccc(OP(=O)(N[C@@H](C)C(=O)OC(C)C)OC[C@H]2O[C@@H](N3CCC(=O)NC3=O)[C@@](F)(Cl)[C@@H]2O)cc1. The van der Waals surface area contributed by atoms with E-state index in [1.807, 2.05) is 5.32 Å². The van der Waals surface area contributed by atoms with Crippen molar-refractivity contribution >= 4 is 37.3 Å². The molecule has 0 radical (unpaired) electrons. The van der Waals surface area contributed by atoms with E-state index < -0.39 is 68.0 Å². The van der Waals surface area contributed by atoms with Gasteiger partial charge in [0.25, 0.3) is 5.13 Å². The Labute approximate surface area is 223 Å². The highest BCUT2D eigenvalue weighted by atomic mass is 35.5. The van der Waals surface area contributed by atoms with Crippen molar-refractivity contribution in [2.24, 2.45) is 0 Å². The number of urea groups is 1. The van der Waals surface area contributed by atoms with E-state index >= 15 is 4.39 Å². The van der Waals surface area contributed by atoms with Crippen LogP contribution in [0.25, 0.3) is 0 Å². The summed E-state index contributed by atoms with van der Waals surface area (Å²) in [6, 6.07) is 3.83. The maximum atomic E-state index is 15.3. The lowest BCUT2D eigenvalue weighted by atomic mass is 10.1. The average Bonchev–Trinajstić information content (AvgIpc) is 3.06. The van der Waals surface area contributed by atoms with Gasteiger partial charge in [0.2, 0.25) is 5.91 Å². The van der Waals surface area contributed by atoms with Crippen LogP contribution in [0.3, 0.4) is 0 Å². The Balaban J connectivity index is 1.76. The van der Waals surface area contributed by atoms with E-state index in [2.05, 4.69) is 5.09 Å². The zero-order valence-electron chi connectivity index (χ0n) is 21.1. The van der Waals surface area contributed by atoms with Gasteiger partial charge in [0.1, 0.15) is 29.7 Å². The second-order valence-corrected chi connectivity index (χ2v) is 11.1. The predicted molar refractivity (Wildman–Crippen MR) is 130 cm³/mol. The third-order valence-corrected chi connectivity index (χ3v) is 7.55. The Morgan fingerprint density at radius 2 is 1.95 bits per heavy atom. The molecule has 0 saturated carbocycles. The van der Waals surface area contributed by atoms with Gasteiger partial charge < -0.3 is 23.8 Å². The van der Waals surface area contributed by atoms with E-state index in [0.29, 0.717) is 5.75 Å². The van der Waals surface area contributed by atoms with Crippen molar-refractivity contribution in [1.29, 1.82) is 0 Å². The zero-order valence-corrected chi connectivity index (χ0v) is 22.7. The number of hydrogen-bond donors (Lipinski definition) is 3. The van der Waals surface area contributed by atoms with E-state index in [0.717, 1.165) is 4.90 Å². The molecule has 6 atom stereocenters. The summed E-state index contributed by atoms with van der Waals surface area (Å²) in [6.07, 6.45) is -5.90. The number of carbonyl (C=O) groups is 3. The maximum absolute atomic E-state index is 15.3. The van der Waals surface area contributed by atoms with Crippen LogP contribution < -0.4 is 19.7 Å². The topological polar surface area (TPSA) is 162 Å². The van der Waals surface area contributed by atoms with E-state index in [4.69, 9.17) is 34.9 Å². The molecule has 38 heavy (non-hydrogen) atoms. The number of benzene rings is 1. The molecule has 3 amide bonds. The number of esters is 1. The minimum atomic E-state index is -4.40. The van der Waals surface area contributed by atoms with E-state index in [9.17, 15) is 24.1 Å². The third kappa shape index (κ3) is 7.13. The van der Waals surface area contributed by atoms with E-state index in [1.54, 1.807) is 13.8 Å². The molecule has 0 aromatic heterocycles. The highest BCUT2D eigenvalue weighted by Gasteiger charge is 2.60. The largest absolute Gasteiger partial charge is 0.497 e. The number of aliphatic hydroxyl groups is 1. The number of carbonyl (C=O) groups excluding carboxylic acids is 3. The van der Waals surface area contributed by atoms with Gasteiger partial charge >= 0.3 is 19.7 Å². The Kier molecular flexibility index (Phi) is 9.61. The van der Waals surface area contributed by atoms with Crippen LogP contribution in [0.4, 0.5) is 9.18 Å². The number of halogens is 2. The van der Waals surface area contributed by atoms with Gasteiger partial charge in [0, 0.05) is 13.0 Å². The van der Waals surface area contributed by atoms with Gasteiger partial charge in [-0.05, 0) is 45.0 Å². The molecule has 1 unspecified atom stereocenters. The molecule has 2 aliphatic heterocycles. The molecule has 212 valence electrons. The Morgan fingerprint density at radius 1 is 1.32 bits per heavy atom. The molecule has 3 rings (SSSR count). The first-order chi connectivity index (χ1) is 17.8. The normalized spacial score (nSPS) is 28.0. The molecule has 13 nitrogen and oxygen atoms in total. The van der Waals surface area contributed by atoms with Crippen LogP contribution >= 0.6 is 19.3 Å². The minimum Gasteiger partial charge on any atom is -0.497 e. The Bertz CT molecular complexity index is 1080. The lowest BCUT2D eigenvalue weighted by molar-refractivity contribution is -0.149. The van der Waals surface area contributed by atoms with Crippen LogP contribution in [-0.4, -0.2) is 83.9 Å². The fourth-order valence-corrected chi connectivity index (χ4v) is 5.41. The maximum Gasteiger partial charge on any atom is 0.459 e. The summed E-state index contributed by atoms with van der Waals surface area (Å²) in [4.78, 5) is 36.7. The fraction of sp³-hybridized carbons (Fsp3) is 0.591. The van der Waals surface area contributed by atoms with Gasteiger partial charge in [-0.2, -0.15) is 5.09 Å². The molecular weight excluding hydrogens is 552 g/mol. The number of alkyl halides is 2. The van der Waals surface area contributed by atoms with Crippen LogP contribution in [0, 0.1) is 0 Å². The highest BCUT2D eigenvalue weighted by molar-refractivity contribution is 7.52. The van der Waals surface area contributed by atoms with Crippen LogP contribution in [-0.2, 0) is 28.2 Å². The summed E-state index contributed by atoms with van der Waals surface area (Å²) >= 11 is 5.90. The molecule has 2 saturated heterocycles. The number of nitrogens with one attached hydrogen (secondary N) is 2. The third-order valence-electron chi connectivity index (χ3n) is 5.50. The first kappa shape index (κ1) is 30.1. The Morgan fingerprint density at radius 3 is 2.53 bits per heavy atom. The quantitative estimate of drug-likeness (QED) is 0.199. The van der Waals surface area contributed by atoms with E-state index in [-0.39, 0.29) is 18.7 Å². The Hall–Kier alpha value is -2.48. The first-order valence-corrected chi connectivity index (χ1v) is 13.6. The molecule has 2 fully saturated rings. The van der Waals surface area contributed by atoms with Crippen molar-refractivity contribution in [1.82, 2.24) is 15.3 Å².